The monoisotopic (exact) mass is 1280 g/mol. The van der Waals surface area contributed by atoms with E-state index < -0.39 is 76.6 Å². The molecule has 89 heavy (non-hydrogen) atoms. The minimum atomic E-state index is -4.41. The van der Waals surface area contributed by atoms with E-state index in [1.807, 2.05) is 113 Å². The number of sulfonamides is 2. The van der Waals surface area contributed by atoms with E-state index in [9.17, 15) is 44.8 Å². The predicted octanol–water partition coefficient (Wildman–Crippen LogP) is 12.3. The summed E-state index contributed by atoms with van der Waals surface area (Å²) in [6.45, 7) is 39.5. The summed E-state index contributed by atoms with van der Waals surface area (Å²) < 4.78 is 90.0. The van der Waals surface area contributed by atoms with E-state index in [0.717, 1.165) is 38.5 Å². The van der Waals surface area contributed by atoms with Crippen LogP contribution in [0.1, 0.15) is 194 Å². The summed E-state index contributed by atoms with van der Waals surface area (Å²) in [7, 11) is -8.27. The lowest BCUT2D eigenvalue weighted by Crippen LogP contribution is -2.45. The number of nitrogens with two attached hydrogens (primary N) is 1. The Hall–Kier alpha value is -7.12. The maximum absolute atomic E-state index is 14.6. The fraction of sp³-hybridized carbons (Fsp3) is 0.562. The number of aromatic nitrogens is 4. The summed E-state index contributed by atoms with van der Waals surface area (Å²) in [5.41, 5.74) is -2.33. The Kier molecular flexibility index (Phi) is 24.8. The number of rotatable bonds is 19. The van der Waals surface area contributed by atoms with E-state index in [1.54, 1.807) is 29.2 Å². The molecule has 2 fully saturated rings. The largest absolute Gasteiger partial charge is 0.478 e. The van der Waals surface area contributed by atoms with Crippen molar-refractivity contribution in [2.75, 3.05) is 23.7 Å². The number of ether oxygens (including phenoxy) is 2. The number of carbonyl (C=O) groups is 4. The summed E-state index contributed by atoms with van der Waals surface area (Å²) in [4.78, 5) is 68.0. The molecule has 0 aromatic carbocycles. The predicted molar refractivity (Wildman–Crippen MR) is 340 cm³/mol. The van der Waals surface area contributed by atoms with Gasteiger partial charge in [-0.2, -0.15) is 17.2 Å². The molecule has 0 radical (unpaired) electrons. The van der Waals surface area contributed by atoms with Crippen molar-refractivity contribution in [1.82, 2.24) is 34.5 Å². The lowest BCUT2D eigenvalue weighted by molar-refractivity contribution is 0.0118. The van der Waals surface area contributed by atoms with E-state index in [4.69, 9.17) is 19.7 Å². The molecule has 2 aliphatic rings. The van der Waals surface area contributed by atoms with Crippen molar-refractivity contribution in [3.8, 4) is 0 Å². The zero-order chi connectivity index (χ0) is 67.5. The Morgan fingerprint density at radius 2 is 1.02 bits per heavy atom. The highest BCUT2D eigenvalue weighted by Crippen LogP contribution is 2.38. The van der Waals surface area contributed by atoms with E-state index in [2.05, 4.69) is 57.6 Å². The van der Waals surface area contributed by atoms with Crippen LogP contribution in [0.2, 0.25) is 0 Å². The van der Waals surface area contributed by atoms with Crippen LogP contribution in [-0.2, 0) is 40.4 Å². The summed E-state index contributed by atoms with van der Waals surface area (Å²) in [5.74, 6) is -3.05. The summed E-state index contributed by atoms with van der Waals surface area (Å²) in [5, 5.41) is 19.8. The van der Waals surface area contributed by atoms with Crippen LogP contribution in [0.5, 0.6) is 0 Å². The number of carboxylic acid groups (broad SMARTS) is 1. The number of carbonyl (C=O) groups excluding carboxylic acids is 3. The number of nitrogens with zero attached hydrogens (tertiary/aromatic N) is 6. The molecule has 2 aliphatic heterocycles. The van der Waals surface area contributed by atoms with Gasteiger partial charge in [-0.3, -0.25) is 4.79 Å². The SMILES string of the molecule is C=CCC(CC[C@@H]1CN(C(=O)OC(C)(C)C)C(C)(C)C1)Nc1cccc(S(=O)(=O)NC(=O)c2ccc(C(C)(C)C)nc2F)n1.C=CCC(CC[C@@H]1CN(C(=O)OC(C)(C)C)C(C)(C)C1)Nc1cccc(S(N)(=O)=O)n1.CC(C)(C)c1ccc(C(=O)O)c(F)n1. The first-order valence-corrected chi connectivity index (χ1v) is 32.7. The number of anilines is 2. The van der Waals surface area contributed by atoms with Crippen LogP contribution in [0.15, 0.2) is 96.0 Å². The first-order chi connectivity index (χ1) is 40.7. The molecular formula is C64H94F2N10O11S2. The molecular weight excluding hydrogens is 1190 g/mol. The highest BCUT2D eigenvalue weighted by atomic mass is 32.2. The molecule has 21 nitrogen and oxygen atoms in total. The van der Waals surface area contributed by atoms with Gasteiger partial charge in [0.25, 0.3) is 26.0 Å². The van der Waals surface area contributed by atoms with Gasteiger partial charge in [-0.25, -0.2) is 52.6 Å². The van der Waals surface area contributed by atoms with Crippen LogP contribution in [0.3, 0.4) is 0 Å². The molecule has 6 heterocycles. The van der Waals surface area contributed by atoms with Crippen LogP contribution in [0.4, 0.5) is 30.0 Å². The van der Waals surface area contributed by atoms with E-state index >= 15 is 0 Å². The van der Waals surface area contributed by atoms with Crippen LogP contribution < -0.4 is 20.5 Å². The van der Waals surface area contributed by atoms with E-state index in [-0.39, 0.29) is 51.7 Å². The minimum absolute atomic E-state index is 0.0411. The van der Waals surface area contributed by atoms with Crippen molar-refractivity contribution in [2.24, 2.45) is 17.0 Å². The maximum Gasteiger partial charge on any atom is 0.410 e. The smallest absolute Gasteiger partial charge is 0.410 e. The average molecular weight is 1280 g/mol. The number of likely N-dealkylation sites (tertiary alicyclic amines) is 2. The second-order valence-electron chi connectivity index (χ2n) is 27.9. The first-order valence-electron chi connectivity index (χ1n) is 29.6. The normalized spacial score (nSPS) is 17.3. The molecule has 2 saturated heterocycles. The number of halogens is 2. The second kappa shape index (κ2) is 29.7. The minimum Gasteiger partial charge on any atom is -0.478 e. The Labute approximate surface area is 525 Å². The number of aromatic carboxylic acids is 1. The summed E-state index contributed by atoms with van der Waals surface area (Å²) in [6, 6.07) is 14.5. The Morgan fingerprint density at radius 3 is 1.37 bits per heavy atom. The van der Waals surface area contributed by atoms with E-state index in [0.29, 0.717) is 54.9 Å². The topological polar surface area (TPSA) is 295 Å². The quantitative estimate of drug-likeness (QED) is 0.0430. The van der Waals surface area contributed by atoms with Gasteiger partial charge in [-0.15, -0.1) is 13.2 Å². The number of pyridine rings is 4. The van der Waals surface area contributed by atoms with Gasteiger partial charge in [-0.1, -0.05) is 65.8 Å². The number of nitrogens with one attached hydrogen (secondary N) is 3. The van der Waals surface area contributed by atoms with E-state index in [1.165, 1.54) is 42.5 Å². The summed E-state index contributed by atoms with van der Waals surface area (Å²) >= 11 is 0. The molecule has 3 amide bonds. The Bertz CT molecular complexity index is 3390. The molecule has 492 valence electrons. The third kappa shape index (κ3) is 23.0. The fourth-order valence-electron chi connectivity index (χ4n) is 10.2. The molecule has 0 spiro atoms. The highest BCUT2D eigenvalue weighted by Gasteiger charge is 2.44. The van der Waals surface area contributed by atoms with Crippen molar-refractivity contribution in [2.45, 2.75) is 217 Å². The number of amides is 3. The van der Waals surface area contributed by atoms with Crippen LogP contribution in [-0.4, -0.2) is 123 Å². The molecule has 0 aliphatic carbocycles. The third-order valence-corrected chi connectivity index (χ3v) is 16.6. The second-order valence-corrected chi connectivity index (χ2v) is 31.0. The molecule has 25 heteroatoms. The van der Waals surface area contributed by atoms with Gasteiger partial charge in [0.05, 0.1) is 5.56 Å². The Morgan fingerprint density at radius 1 is 0.640 bits per heavy atom. The highest BCUT2D eigenvalue weighted by molar-refractivity contribution is 7.90. The van der Waals surface area contributed by atoms with Gasteiger partial charge < -0.3 is 35.0 Å². The van der Waals surface area contributed by atoms with Crippen molar-refractivity contribution in [1.29, 1.82) is 0 Å². The maximum atomic E-state index is 14.6. The van der Waals surface area contributed by atoms with Crippen LogP contribution in [0, 0.1) is 23.7 Å². The van der Waals surface area contributed by atoms with Crippen molar-refractivity contribution in [3.63, 3.8) is 0 Å². The van der Waals surface area contributed by atoms with Crippen molar-refractivity contribution < 1.29 is 59.4 Å². The molecule has 0 bridgehead atoms. The number of hydrogen-bond donors (Lipinski definition) is 5. The standard InChI is InChI=1S/C32H46FN5O5S.C22H36N4O4S.C10H12FNO2/c1-10-12-22(16-15-21-19-32(8,9)38(20-21)29(40)43-31(5,6)7)34-25-13-11-14-26(36-25)44(41,42)37-28(39)23-17-18-24(30(2,3)4)35-27(23)33;1-7-9-17(24-18-10-8-11-19(25-18)31(23,28)29)13-12-16-14-22(5,6)26(15-16)20(27)30-21(2,3)4;1-10(2,3)7-5-4-6(9(13)14)8(11)12-7/h10-11,13-14,17-18,21-22H,1,12,15-16,19-20H2,2-9H3,(H,34,36)(H,37,39);7-8,10-11,16-17H,1,9,12-15H2,2-6H3,(H,24,25)(H2,23,28,29);4-5H,1-3H3,(H,13,14)/t21-,22?;16-,17?;/m00./s1. The number of carboxylic acids is 1. The van der Waals surface area contributed by atoms with Gasteiger partial charge in [0.2, 0.25) is 11.9 Å². The molecule has 2 unspecified atom stereocenters. The molecule has 4 atom stereocenters. The average Bonchev–Trinajstić information content (AvgIpc) is 2.80. The van der Waals surface area contributed by atoms with Gasteiger partial charge in [-0.05, 0) is 181 Å². The lowest BCUT2D eigenvalue weighted by Gasteiger charge is -2.33. The van der Waals surface area contributed by atoms with Gasteiger partial charge in [0, 0.05) is 58.5 Å². The zero-order valence-electron chi connectivity index (χ0n) is 54.6. The van der Waals surface area contributed by atoms with Crippen LogP contribution >= 0.6 is 0 Å². The van der Waals surface area contributed by atoms with Gasteiger partial charge >= 0.3 is 18.2 Å². The number of hydrogen-bond acceptors (Lipinski definition) is 16. The first kappa shape index (κ1) is 74.3. The number of primary sulfonamides is 1. The molecule has 6 rings (SSSR count). The summed E-state index contributed by atoms with van der Waals surface area (Å²) in [6.07, 6.45) is 9.30. The Balaban J connectivity index is 0.000000324. The van der Waals surface area contributed by atoms with Gasteiger partial charge in [0.1, 0.15) is 28.4 Å². The lowest BCUT2D eigenvalue weighted by atomic mass is 9.91. The van der Waals surface area contributed by atoms with Crippen molar-refractivity contribution >= 4 is 55.7 Å². The molecule has 4 aromatic heterocycles. The molecule has 4 aromatic rings. The zero-order valence-corrected chi connectivity index (χ0v) is 56.2. The third-order valence-electron chi connectivity index (χ3n) is 14.6. The van der Waals surface area contributed by atoms with Crippen LogP contribution in [0.25, 0.3) is 0 Å². The van der Waals surface area contributed by atoms with Crippen molar-refractivity contribution in [3.05, 3.63) is 120 Å². The fourth-order valence-corrected chi connectivity index (χ4v) is 11.6. The molecule has 6 N–H and O–H groups in total. The molecule has 0 saturated carbocycles. The van der Waals surface area contributed by atoms with Gasteiger partial charge in [0.15, 0.2) is 10.1 Å².